The largest absolute Gasteiger partial charge is 0.481 e. The van der Waals surface area contributed by atoms with Crippen molar-refractivity contribution in [3.05, 3.63) is 18.2 Å². The van der Waals surface area contributed by atoms with Crippen LogP contribution in [0.2, 0.25) is 0 Å². The third-order valence-electron chi connectivity index (χ3n) is 4.63. The van der Waals surface area contributed by atoms with E-state index in [9.17, 15) is 14.7 Å². The summed E-state index contributed by atoms with van der Waals surface area (Å²) < 4.78 is 7.12. The van der Waals surface area contributed by atoms with E-state index in [-0.39, 0.29) is 12.3 Å². The number of carbonyl (C=O) groups excluding carboxylic acids is 1. The Morgan fingerprint density at radius 2 is 2.13 bits per heavy atom. The van der Waals surface area contributed by atoms with E-state index in [4.69, 9.17) is 4.74 Å². The molecule has 3 rings (SSSR count). The number of aromatic nitrogens is 2. The molecule has 0 saturated carbocycles. The molecule has 2 saturated heterocycles. The fourth-order valence-corrected chi connectivity index (χ4v) is 3.33. The Morgan fingerprint density at radius 1 is 1.39 bits per heavy atom. The van der Waals surface area contributed by atoms with Crippen molar-refractivity contribution in [1.29, 1.82) is 0 Å². The van der Waals surface area contributed by atoms with Crippen molar-refractivity contribution in [2.24, 2.45) is 13.0 Å². The van der Waals surface area contributed by atoms with Gasteiger partial charge in [0.15, 0.2) is 0 Å². The molecule has 0 spiro atoms. The predicted octanol–water partition coefficient (Wildman–Crippen LogP) is -0.273. The molecule has 8 nitrogen and oxygen atoms in total. The first-order valence-electron chi connectivity index (χ1n) is 7.87. The smallest absolute Gasteiger partial charge is 0.309 e. The van der Waals surface area contributed by atoms with Crippen LogP contribution in [0.25, 0.3) is 0 Å². The second kappa shape index (κ2) is 6.67. The second-order valence-corrected chi connectivity index (χ2v) is 6.03. The molecule has 1 aromatic rings. The first kappa shape index (κ1) is 15.9. The van der Waals surface area contributed by atoms with Crippen molar-refractivity contribution in [2.45, 2.75) is 12.5 Å². The molecule has 0 aliphatic carbocycles. The van der Waals surface area contributed by atoms with Crippen molar-refractivity contribution >= 4 is 11.9 Å². The highest BCUT2D eigenvalue weighted by Gasteiger charge is 2.46. The summed E-state index contributed by atoms with van der Waals surface area (Å²) in [7, 11) is 1.82. The van der Waals surface area contributed by atoms with Gasteiger partial charge < -0.3 is 19.3 Å². The third kappa shape index (κ3) is 3.23. The van der Waals surface area contributed by atoms with Crippen LogP contribution in [0.15, 0.2) is 12.4 Å². The van der Waals surface area contributed by atoms with Crippen LogP contribution in [0.1, 0.15) is 18.3 Å². The Kier molecular flexibility index (Phi) is 4.63. The Labute approximate surface area is 134 Å². The van der Waals surface area contributed by atoms with Gasteiger partial charge in [0, 0.05) is 52.0 Å². The SMILES string of the molecule is Cn1ccnc1C1C(C(=O)O)CC(=O)N1CCN1CCOCC1. The van der Waals surface area contributed by atoms with E-state index < -0.39 is 17.9 Å². The Morgan fingerprint density at radius 3 is 2.74 bits per heavy atom. The zero-order valence-corrected chi connectivity index (χ0v) is 13.2. The lowest BCUT2D eigenvalue weighted by atomic mass is 10.00. The van der Waals surface area contributed by atoms with Gasteiger partial charge in [-0.1, -0.05) is 0 Å². The molecule has 8 heteroatoms. The van der Waals surface area contributed by atoms with Crippen LogP contribution in [-0.2, 0) is 21.4 Å². The first-order valence-corrected chi connectivity index (χ1v) is 7.87. The fourth-order valence-electron chi connectivity index (χ4n) is 3.33. The molecule has 2 unspecified atom stereocenters. The van der Waals surface area contributed by atoms with E-state index >= 15 is 0 Å². The summed E-state index contributed by atoms with van der Waals surface area (Å²) in [6.07, 6.45) is 3.45. The number of ether oxygens (including phenoxy) is 1. The summed E-state index contributed by atoms with van der Waals surface area (Å²) in [6, 6.07) is -0.499. The van der Waals surface area contributed by atoms with Gasteiger partial charge in [-0.15, -0.1) is 0 Å². The number of morpholine rings is 1. The van der Waals surface area contributed by atoms with Crippen LogP contribution in [0.3, 0.4) is 0 Å². The highest BCUT2D eigenvalue weighted by Crippen LogP contribution is 2.37. The number of carboxylic acid groups (broad SMARTS) is 1. The van der Waals surface area contributed by atoms with Gasteiger partial charge in [-0.3, -0.25) is 14.5 Å². The Hall–Kier alpha value is -1.93. The Bertz CT molecular complexity index is 582. The number of aryl methyl sites for hydroxylation is 1. The number of imidazole rings is 1. The maximum Gasteiger partial charge on any atom is 0.309 e. The lowest BCUT2D eigenvalue weighted by molar-refractivity contribution is -0.142. The lowest BCUT2D eigenvalue weighted by Crippen LogP contribution is -2.43. The minimum atomic E-state index is -0.944. The Balaban J connectivity index is 1.76. The molecule has 1 aromatic heterocycles. The molecule has 1 N–H and O–H groups in total. The number of likely N-dealkylation sites (tertiary alicyclic amines) is 1. The number of hydrogen-bond donors (Lipinski definition) is 1. The summed E-state index contributed by atoms with van der Waals surface area (Å²) >= 11 is 0. The zero-order valence-electron chi connectivity index (χ0n) is 13.2. The molecular weight excluding hydrogens is 300 g/mol. The van der Waals surface area contributed by atoms with Crippen molar-refractivity contribution in [3.8, 4) is 0 Å². The number of hydrogen-bond acceptors (Lipinski definition) is 5. The number of carboxylic acids is 1. The number of aliphatic carboxylic acids is 1. The van der Waals surface area contributed by atoms with Crippen LogP contribution in [0.5, 0.6) is 0 Å². The van der Waals surface area contributed by atoms with E-state index in [2.05, 4.69) is 9.88 Å². The quantitative estimate of drug-likeness (QED) is 0.803. The maximum atomic E-state index is 12.4. The van der Waals surface area contributed by atoms with E-state index in [1.54, 1.807) is 21.9 Å². The summed E-state index contributed by atoms with van der Waals surface area (Å²) in [5.74, 6) is -1.17. The van der Waals surface area contributed by atoms with Gasteiger partial charge in [-0.05, 0) is 0 Å². The van der Waals surface area contributed by atoms with Gasteiger partial charge in [0.2, 0.25) is 5.91 Å². The summed E-state index contributed by atoms with van der Waals surface area (Å²) in [5.41, 5.74) is 0. The molecule has 0 bridgehead atoms. The maximum absolute atomic E-state index is 12.4. The molecular formula is C15H22N4O4. The van der Waals surface area contributed by atoms with Crippen LogP contribution in [0, 0.1) is 5.92 Å². The molecule has 2 aliphatic heterocycles. The van der Waals surface area contributed by atoms with Crippen molar-refractivity contribution in [2.75, 3.05) is 39.4 Å². The number of nitrogens with zero attached hydrogens (tertiary/aromatic N) is 4. The summed E-state index contributed by atoms with van der Waals surface area (Å²) in [4.78, 5) is 32.1. The van der Waals surface area contributed by atoms with Gasteiger partial charge in [0.1, 0.15) is 11.9 Å². The number of carbonyl (C=O) groups is 2. The van der Waals surface area contributed by atoms with Gasteiger partial charge in [-0.2, -0.15) is 0 Å². The van der Waals surface area contributed by atoms with Crippen LogP contribution in [-0.4, -0.2) is 75.7 Å². The number of rotatable bonds is 5. The van der Waals surface area contributed by atoms with Crippen LogP contribution >= 0.6 is 0 Å². The molecule has 2 atom stereocenters. The van der Waals surface area contributed by atoms with Gasteiger partial charge >= 0.3 is 5.97 Å². The minimum Gasteiger partial charge on any atom is -0.481 e. The predicted molar refractivity (Wildman–Crippen MR) is 80.7 cm³/mol. The molecule has 23 heavy (non-hydrogen) atoms. The molecule has 0 aromatic carbocycles. The first-order chi connectivity index (χ1) is 11.1. The van der Waals surface area contributed by atoms with Gasteiger partial charge in [-0.25, -0.2) is 4.98 Å². The summed E-state index contributed by atoms with van der Waals surface area (Å²) in [5, 5.41) is 9.48. The molecule has 2 fully saturated rings. The third-order valence-corrected chi connectivity index (χ3v) is 4.63. The molecule has 126 valence electrons. The second-order valence-electron chi connectivity index (χ2n) is 6.03. The topological polar surface area (TPSA) is 87.9 Å². The van der Waals surface area contributed by atoms with Crippen molar-refractivity contribution < 1.29 is 19.4 Å². The lowest BCUT2D eigenvalue weighted by Gasteiger charge is -2.31. The molecule has 0 radical (unpaired) electrons. The van der Waals surface area contributed by atoms with E-state index in [0.717, 1.165) is 19.6 Å². The number of amides is 1. The molecule has 3 heterocycles. The molecule has 1 amide bonds. The standard InChI is InChI=1S/C15H22N4O4/c1-17-3-2-16-14(17)13-11(15(21)22)10-12(20)19(13)5-4-18-6-8-23-9-7-18/h2-3,11,13H,4-10H2,1H3,(H,21,22). The normalized spacial score (nSPS) is 26.0. The van der Waals surface area contributed by atoms with Crippen LogP contribution < -0.4 is 0 Å². The van der Waals surface area contributed by atoms with E-state index in [1.165, 1.54) is 0 Å². The van der Waals surface area contributed by atoms with E-state index in [1.807, 2.05) is 7.05 Å². The highest BCUT2D eigenvalue weighted by atomic mass is 16.5. The summed E-state index contributed by atoms with van der Waals surface area (Å²) in [6.45, 7) is 4.33. The molecule has 2 aliphatic rings. The highest BCUT2D eigenvalue weighted by molar-refractivity contribution is 5.87. The van der Waals surface area contributed by atoms with Gasteiger partial charge in [0.05, 0.1) is 19.1 Å². The average Bonchev–Trinajstić information content (AvgIpc) is 3.09. The van der Waals surface area contributed by atoms with E-state index in [0.29, 0.717) is 25.6 Å². The fraction of sp³-hybridized carbons (Fsp3) is 0.667. The van der Waals surface area contributed by atoms with Crippen molar-refractivity contribution in [3.63, 3.8) is 0 Å². The van der Waals surface area contributed by atoms with Gasteiger partial charge in [0.25, 0.3) is 0 Å². The average molecular weight is 322 g/mol. The monoisotopic (exact) mass is 322 g/mol. The van der Waals surface area contributed by atoms with Crippen molar-refractivity contribution in [1.82, 2.24) is 19.4 Å². The van der Waals surface area contributed by atoms with Crippen LogP contribution in [0.4, 0.5) is 0 Å². The zero-order chi connectivity index (χ0) is 16.4. The minimum absolute atomic E-state index is 0.0377.